The molecule has 0 radical (unpaired) electrons. The second-order valence-electron chi connectivity index (χ2n) is 4.99. The molecule has 0 aliphatic carbocycles. The first-order valence-electron chi connectivity index (χ1n) is 6.62. The van der Waals surface area contributed by atoms with E-state index in [1.54, 1.807) is 12.1 Å². The second-order valence-corrected chi connectivity index (χ2v) is 4.99. The van der Waals surface area contributed by atoms with Gasteiger partial charge in [0.2, 0.25) is 0 Å². The Morgan fingerprint density at radius 2 is 1.85 bits per heavy atom. The zero-order valence-electron chi connectivity index (χ0n) is 11.7. The molecule has 1 N–H and O–H groups in total. The van der Waals surface area contributed by atoms with E-state index in [9.17, 15) is 9.90 Å². The van der Waals surface area contributed by atoms with Crippen LogP contribution in [0, 0.1) is 0 Å². The lowest BCUT2D eigenvalue weighted by Gasteiger charge is -2.12. The van der Waals surface area contributed by atoms with E-state index in [0.717, 1.165) is 11.1 Å². The van der Waals surface area contributed by atoms with Crippen molar-refractivity contribution in [1.82, 2.24) is 0 Å². The maximum absolute atomic E-state index is 11.3. The molecular formula is C17H18O3. The summed E-state index contributed by atoms with van der Waals surface area (Å²) in [5.41, 5.74) is 2.22. The van der Waals surface area contributed by atoms with Crippen molar-refractivity contribution >= 4 is 5.97 Å². The quantitative estimate of drug-likeness (QED) is 0.890. The van der Waals surface area contributed by atoms with Crippen molar-refractivity contribution in [3.63, 3.8) is 0 Å². The van der Waals surface area contributed by atoms with Gasteiger partial charge in [-0.05, 0) is 29.2 Å². The summed E-state index contributed by atoms with van der Waals surface area (Å²) in [5, 5.41) is 9.29. The Kier molecular flexibility index (Phi) is 4.41. The van der Waals surface area contributed by atoms with Gasteiger partial charge in [0.1, 0.15) is 17.9 Å². The summed E-state index contributed by atoms with van der Waals surface area (Å²) in [7, 11) is 0. The van der Waals surface area contributed by atoms with Crippen molar-refractivity contribution < 1.29 is 14.6 Å². The summed E-state index contributed by atoms with van der Waals surface area (Å²) in [5.74, 6) is -0.266. The van der Waals surface area contributed by atoms with E-state index in [0.29, 0.717) is 12.4 Å². The third kappa shape index (κ3) is 3.38. The molecule has 2 rings (SSSR count). The summed E-state index contributed by atoms with van der Waals surface area (Å²) in [6.45, 7) is 4.43. The van der Waals surface area contributed by atoms with E-state index in [1.807, 2.05) is 50.2 Å². The van der Waals surface area contributed by atoms with Crippen LogP contribution in [-0.2, 0) is 6.61 Å². The van der Waals surface area contributed by atoms with Gasteiger partial charge in [0.15, 0.2) is 0 Å². The molecule has 0 unspecified atom stereocenters. The molecule has 104 valence electrons. The van der Waals surface area contributed by atoms with Crippen LogP contribution in [0.2, 0.25) is 0 Å². The van der Waals surface area contributed by atoms with Crippen LogP contribution in [0.25, 0.3) is 0 Å². The molecule has 0 heterocycles. The fourth-order valence-corrected chi connectivity index (χ4v) is 1.94. The Morgan fingerprint density at radius 1 is 1.15 bits per heavy atom. The molecule has 0 amide bonds. The number of aromatic carboxylic acids is 1. The van der Waals surface area contributed by atoms with Crippen LogP contribution in [0.5, 0.6) is 5.75 Å². The molecule has 2 aromatic rings. The zero-order chi connectivity index (χ0) is 14.5. The molecular weight excluding hydrogens is 252 g/mol. The van der Waals surface area contributed by atoms with E-state index in [2.05, 4.69) is 0 Å². The standard InChI is InChI=1S/C17H18O3/c1-12(2)14-8-9-16(15(10-14)17(18)19)20-11-13-6-4-3-5-7-13/h3-10,12H,11H2,1-2H3,(H,18,19). The monoisotopic (exact) mass is 270 g/mol. The number of rotatable bonds is 5. The van der Waals surface area contributed by atoms with Gasteiger partial charge in [-0.3, -0.25) is 0 Å². The van der Waals surface area contributed by atoms with E-state index < -0.39 is 5.97 Å². The Balaban J connectivity index is 2.21. The van der Waals surface area contributed by atoms with Crippen molar-refractivity contribution in [3.05, 3.63) is 65.2 Å². The predicted octanol–water partition coefficient (Wildman–Crippen LogP) is 4.09. The third-order valence-corrected chi connectivity index (χ3v) is 3.14. The number of ether oxygens (including phenoxy) is 1. The average molecular weight is 270 g/mol. The number of hydrogen-bond acceptors (Lipinski definition) is 2. The molecule has 0 spiro atoms. The van der Waals surface area contributed by atoms with E-state index in [1.165, 1.54) is 0 Å². The Morgan fingerprint density at radius 3 is 2.45 bits per heavy atom. The normalized spacial score (nSPS) is 10.6. The zero-order valence-corrected chi connectivity index (χ0v) is 11.7. The number of carboxylic acids is 1. The van der Waals surface area contributed by atoms with Gasteiger partial charge in [-0.25, -0.2) is 4.79 Å². The van der Waals surface area contributed by atoms with Gasteiger partial charge in [-0.2, -0.15) is 0 Å². The van der Waals surface area contributed by atoms with Crippen LogP contribution in [-0.4, -0.2) is 11.1 Å². The molecule has 0 aliphatic rings. The number of carbonyl (C=O) groups is 1. The fourth-order valence-electron chi connectivity index (χ4n) is 1.94. The molecule has 3 heteroatoms. The molecule has 0 saturated heterocycles. The molecule has 3 nitrogen and oxygen atoms in total. The number of carboxylic acid groups (broad SMARTS) is 1. The largest absolute Gasteiger partial charge is 0.488 e. The van der Waals surface area contributed by atoms with Crippen molar-refractivity contribution in [1.29, 1.82) is 0 Å². The second kappa shape index (κ2) is 6.24. The minimum Gasteiger partial charge on any atom is -0.488 e. The first-order valence-corrected chi connectivity index (χ1v) is 6.62. The Hall–Kier alpha value is -2.29. The molecule has 0 saturated carbocycles. The summed E-state index contributed by atoms with van der Waals surface area (Å²) >= 11 is 0. The van der Waals surface area contributed by atoms with Gasteiger partial charge in [0.05, 0.1) is 0 Å². The van der Waals surface area contributed by atoms with Crippen molar-refractivity contribution in [2.24, 2.45) is 0 Å². The minimum atomic E-state index is -0.962. The van der Waals surface area contributed by atoms with Gasteiger partial charge in [0.25, 0.3) is 0 Å². The molecule has 0 bridgehead atoms. The molecule has 2 aromatic carbocycles. The average Bonchev–Trinajstić information content (AvgIpc) is 2.45. The third-order valence-electron chi connectivity index (χ3n) is 3.14. The van der Waals surface area contributed by atoms with Crippen molar-refractivity contribution in [3.8, 4) is 5.75 Å². The van der Waals surface area contributed by atoms with Gasteiger partial charge < -0.3 is 9.84 Å². The topological polar surface area (TPSA) is 46.5 Å². The van der Waals surface area contributed by atoms with Gasteiger partial charge >= 0.3 is 5.97 Å². The van der Waals surface area contributed by atoms with Crippen LogP contribution in [0.4, 0.5) is 0 Å². The van der Waals surface area contributed by atoms with Crippen molar-refractivity contribution in [2.45, 2.75) is 26.4 Å². The predicted molar refractivity (Wildman–Crippen MR) is 78.3 cm³/mol. The lowest BCUT2D eigenvalue weighted by Crippen LogP contribution is -2.05. The van der Waals surface area contributed by atoms with Gasteiger partial charge in [-0.15, -0.1) is 0 Å². The minimum absolute atomic E-state index is 0.215. The lowest BCUT2D eigenvalue weighted by molar-refractivity contribution is 0.0691. The summed E-state index contributed by atoms with van der Waals surface area (Å²) < 4.78 is 5.64. The molecule has 0 atom stereocenters. The van der Waals surface area contributed by atoms with E-state index >= 15 is 0 Å². The number of hydrogen-bond donors (Lipinski definition) is 1. The molecule has 0 aliphatic heterocycles. The van der Waals surface area contributed by atoms with Crippen LogP contribution in [0.15, 0.2) is 48.5 Å². The van der Waals surface area contributed by atoms with Crippen molar-refractivity contribution in [2.75, 3.05) is 0 Å². The highest BCUT2D eigenvalue weighted by atomic mass is 16.5. The summed E-state index contributed by atoms with van der Waals surface area (Å²) in [6, 6.07) is 15.0. The van der Waals surface area contributed by atoms with Gasteiger partial charge in [-0.1, -0.05) is 50.2 Å². The molecule has 20 heavy (non-hydrogen) atoms. The Bertz CT molecular complexity index is 588. The SMILES string of the molecule is CC(C)c1ccc(OCc2ccccc2)c(C(=O)O)c1. The highest BCUT2D eigenvalue weighted by Crippen LogP contribution is 2.25. The number of benzene rings is 2. The van der Waals surface area contributed by atoms with Crippen LogP contribution >= 0.6 is 0 Å². The van der Waals surface area contributed by atoms with Crippen LogP contribution < -0.4 is 4.74 Å². The van der Waals surface area contributed by atoms with E-state index in [-0.39, 0.29) is 11.5 Å². The molecule has 0 aromatic heterocycles. The van der Waals surface area contributed by atoms with Gasteiger partial charge in [0, 0.05) is 0 Å². The maximum atomic E-state index is 11.3. The van der Waals surface area contributed by atoms with E-state index in [4.69, 9.17) is 4.74 Å². The first-order chi connectivity index (χ1) is 9.58. The Labute approximate surface area is 118 Å². The highest BCUT2D eigenvalue weighted by molar-refractivity contribution is 5.91. The smallest absolute Gasteiger partial charge is 0.339 e. The highest BCUT2D eigenvalue weighted by Gasteiger charge is 2.13. The fraction of sp³-hybridized carbons (Fsp3) is 0.235. The molecule has 0 fully saturated rings. The summed E-state index contributed by atoms with van der Waals surface area (Å²) in [6.07, 6.45) is 0. The summed E-state index contributed by atoms with van der Waals surface area (Å²) in [4.78, 5) is 11.3. The maximum Gasteiger partial charge on any atom is 0.339 e. The first kappa shape index (κ1) is 14.1. The lowest BCUT2D eigenvalue weighted by atomic mass is 10.0. The van der Waals surface area contributed by atoms with Crippen LogP contribution in [0.1, 0.15) is 41.3 Å². The van der Waals surface area contributed by atoms with Crippen LogP contribution in [0.3, 0.4) is 0 Å².